The molecule has 0 radical (unpaired) electrons. The number of methoxy groups -OCH3 is 1. The Labute approximate surface area is 179 Å². The van der Waals surface area contributed by atoms with Gasteiger partial charge in [0, 0.05) is 17.5 Å². The summed E-state index contributed by atoms with van der Waals surface area (Å²) in [6, 6.07) is 12.6. The second kappa shape index (κ2) is 11.4. The number of ketones is 1. The molecular weight excluding hydrogens is 380 g/mol. The topological polar surface area (TPSA) is 61.8 Å². The third-order valence-corrected chi connectivity index (χ3v) is 4.40. The highest BCUT2D eigenvalue weighted by molar-refractivity contribution is 6.09. The number of hydrogen-bond donors (Lipinski definition) is 0. The van der Waals surface area contributed by atoms with E-state index in [2.05, 4.69) is 27.7 Å². The van der Waals surface area contributed by atoms with E-state index in [0.29, 0.717) is 54.1 Å². The second-order valence-corrected chi connectivity index (χ2v) is 8.17. The fraction of sp³-hybridized carbons (Fsp3) is 0.440. The number of ether oxygens (including phenoxy) is 3. The lowest BCUT2D eigenvalue weighted by molar-refractivity contribution is -0.140. The Balaban J connectivity index is 2.25. The van der Waals surface area contributed by atoms with E-state index in [1.807, 2.05) is 18.2 Å². The Morgan fingerprint density at radius 1 is 0.867 bits per heavy atom. The first kappa shape index (κ1) is 23.5. The standard InChI is InChI=1S/C25H32O5/c1-17(2)15-29-22-8-6-7-20(14-22)25(27)21-9-11-23(30-16-18(3)4)19(13-21)10-12-24(26)28-5/h6-9,11,13-14,17-18H,10,12,15-16H2,1-5H3. The fourth-order valence-electron chi connectivity index (χ4n) is 2.81. The second-order valence-electron chi connectivity index (χ2n) is 8.17. The van der Waals surface area contributed by atoms with Gasteiger partial charge in [0.1, 0.15) is 11.5 Å². The maximum atomic E-state index is 13.1. The minimum atomic E-state index is -0.295. The minimum Gasteiger partial charge on any atom is -0.493 e. The number of rotatable bonds is 11. The molecule has 0 aliphatic heterocycles. The van der Waals surface area contributed by atoms with Gasteiger partial charge in [-0.05, 0) is 54.2 Å². The van der Waals surface area contributed by atoms with Crippen LogP contribution in [-0.2, 0) is 16.0 Å². The van der Waals surface area contributed by atoms with Crippen molar-refractivity contribution in [3.05, 3.63) is 59.2 Å². The van der Waals surface area contributed by atoms with Crippen LogP contribution in [0.5, 0.6) is 11.5 Å². The van der Waals surface area contributed by atoms with Gasteiger partial charge >= 0.3 is 5.97 Å². The predicted octanol–water partition coefficient (Wildman–Crippen LogP) is 5.09. The summed E-state index contributed by atoms with van der Waals surface area (Å²) < 4.78 is 16.4. The highest BCUT2D eigenvalue weighted by Crippen LogP contribution is 2.25. The third kappa shape index (κ3) is 7.21. The first-order chi connectivity index (χ1) is 14.3. The number of carbonyl (C=O) groups is 2. The van der Waals surface area contributed by atoms with Crippen molar-refractivity contribution in [2.45, 2.75) is 40.5 Å². The zero-order valence-corrected chi connectivity index (χ0v) is 18.6. The van der Waals surface area contributed by atoms with Gasteiger partial charge in [0.15, 0.2) is 5.78 Å². The molecule has 0 aliphatic carbocycles. The molecular formula is C25H32O5. The molecule has 5 heteroatoms. The number of esters is 1. The molecule has 2 rings (SSSR count). The molecule has 2 aromatic carbocycles. The molecule has 0 aromatic heterocycles. The first-order valence-electron chi connectivity index (χ1n) is 10.4. The summed E-state index contributed by atoms with van der Waals surface area (Å²) in [5, 5.41) is 0. The van der Waals surface area contributed by atoms with E-state index in [9.17, 15) is 9.59 Å². The lowest BCUT2D eigenvalue weighted by Crippen LogP contribution is -2.10. The van der Waals surface area contributed by atoms with Gasteiger partial charge in [-0.2, -0.15) is 0 Å². The van der Waals surface area contributed by atoms with Crippen LogP contribution in [0, 0.1) is 11.8 Å². The first-order valence-corrected chi connectivity index (χ1v) is 10.4. The lowest BCUT2D eigenvalue weighted by Gasteiger charge is -2.15. The Morgan fingerprint density at radius 3 is 2.20 bits per heavy atom. The molecule has 0 atom stereocenters. The van der Waals surface area contributed by atoms with E-state index >= 15 is 0 Å². The summed E-state index contributed by atoms with van der Waals surface area (Å²) in [5.41, 5.74) is 1.93. The van der Waals surface area contributed by atoms with Crippen LogP contribution in [0.4, 0.5) is 0 Å². The summed E-state index contributed by atoms with van der Waals surface area (Å²) >= 11 is 0. The van der Waals surface area contributed by atoms with Crippen LogP contribution in [-0.4, -0.2) is 32.1 Å². The Morgan fingerprint density at radius 2 is 1.53 bits per heavy atom. The molecule has 0 N–H and O–H groups in total. The minimum absolute atomic E-state index is 0.0975. The summed E-state index contributed by atoms with van der Waals surface area (Å²) in [7, 11) is 1.37. The molecule has 0 fully saturated rings. The van der Waals surface area contributed by atoms with Gasteiger partial charge in [0.25, 0.3) is 0 Å². The van der Waals surface area contributed by atoms with Crippen molar-refractivity contribution in [2.24, 2.45) is 11.8 Å². The molecule has 0 amide bonds. The van der Waals surface area contributed by atoms with Gasteiger partial charge in [0.05, 0.1) is 20.3 Å². The Hall–Kier alpha value is -2.82. The largest absolute Gasteiger partial charge is 0.493 e. The molecule has 0 saturated heterocycles. The molecule has 0 unspecified atom stereocenters. The van der Waals surface area contributed by atoms with Crippen LogP contribution in [0.15, 0.2) is 42.5 Å². The van der Waals surface area contributed by atoms with Crippen LogP contribution in [0.25, 0.3) is 0 Å². The third-order valence-electron chi connectivity index (χ3n) is 4.40. The Kier molecular flexibility index (Phi) is 8.90. The van der Waals surface area contributed by atoms with Crippen LogP contribution in [0.3, 0.4) is 0 Å². The molecule has 0 aliphatic rings. The van der Waals surface area contributed by atoms with Gasteiger partial charge in [-0.3, -0.25) is 9.59 Å². The van der Waals surface area contributed by atoms with Crippen molar-refractivity contribution in [1.29, 1.82) is 0 Å². The molecule has 5 nitrogen and oxygen atoms in total. The van der Waals surface area contributed by atoms with Crippen molar-refractivity contribution in [3.63, 3.8) is 0 Å². The van der Waals surface area contributed by atoms with Crippen LogP contribution >= 0.6 is 0 Å². The Bertz CT molecular complexity index is 854. The van der Waals surface area contributed by atoms with Crippen LogP contribution in [0.1, 0.15) is 55.6 Å². The number of aryl methyl sites for hydroxylation is 1. The van der Waals surface area contributed by atoms with E-state index in [4.69, 9.17) is 14.2 Å². The smallest absolute Gasteiger partial charge is 0.305 e. The molecule has 0 saturated carbocycles. The van der Waals surface area contributed by atoms with Crippen molar-refractivity contribution >= 4 is 11.8 Å². The normalized spacial score (nSPS) is 10.9. The van der Waals surface area contributed by atoms with Gasteiger partial charge in [-0.25, -0.2) is 0 Å². The molecule has 0 heterocycles. The molecule has 30 heavy (non-hydrogen) atoms. The van der Waals surface area contributed by atoms with E-state index in [0.717, 1.165) is 5.56 Å². The zero-order valence-electron chi connectivity index (χ0n) is 18.6. The maximum Gasteiger partial charge on any atom is 0.305 e. The monoisotopic (exact) mass is 412 g/mol. The van der Waals surface area contributed by atoms with Crippen LogP contribution < -0.4 is 9.47 Å². The van der Waals surface area contributed by atoms with E-state index in [1.165, 1.54) is 7.11 Å². The lowest BCUT2D eigenvalue weighted by atomic mass is 9.98. The molecule has 162 valence electrons. The van der Waals surface area contributed by atoms with E-state index in [1.54, 1.807) is 24.3 Å². The van der Waals surface area contributed by atoms with Gasteiger partial charge in [-0.15, -0.1) is 0 Å². The SMILES string of the molecule is COC(=O)CCc1cc(C(=O)c2cccc(OCC(C)C)c2)ccc1OCC(C)C. The van der Waals surface area contributed by atoms with Crippen molar-refractivity contribution in [2.75, 3.05) is 20.3 Å². The van der Waals surface area contributed by atoms with Gasteiger partial charge in [-0.1, -0.05) is 39.8 Å². The zero-order chi connectivity index (χ0) is 22.1. The summed E-state index contributed by atoms with van der Waals surface area (Å²) in [6.07, 6.45) is 0.670. The highest BCUT2D eigenvalue weighted by atomic mass is 16.5. The van der Waals surface area contributed by atoms with Gasteiger partial charge < -0.3 is 14.2 Å². The molecule has 2 aromatic rings. The number of carbonyl (C=O) groups excluding carboxylic acids is 2. The van der Waals surface area contributed by atoms with E-state index < -0.39 is 0 Å². The summed E-state index contributed by atoms with van der Waals surface area (Å²) in [5.74, 6) is 1.75. The number of hydrogen-bond acceptors (Lipinski definition) is 5. The predicted molar refractivity (Wildman–Crippen MR) is 117 cm³/mol. The average Bonchev–Trinajstić information content (AvgIpc) is 2.74. The maximum absolute atomic E-state index is 13.1. The van der Waals surface area contributed by atoms with Crippen molar-refractivity contribution in [1.82, 2.24) is 0 Å². The van der Waals surface area contributed by atoms with Crippen LogP contribution in [0.2, 0.25) is 0 Å². The van der Waals surface area contributed by atoms with Crippen molar-refractivity contribution < 1.29 is 23.8 Å². The number of benzene rings is 2. The summed E-state index contributed by atoms with van der Waals surface area (Å²) in [6.45, 7) is 9.45. The fourth-order valence-corrected chi connectivity index (χ4v) is 2.81. The van der Waals surface area contributed by atoms with E-state index in [-0.39, 0.29) is 18.2 Å². The highest BCUT2D eigenvalue weighted by Gasteiger charge is 2.15. The molecule has 0 bridgehead atoms. The quantitative estimate of drug-likeness (QED) is 0.380. The van der Waals surface area contributed by atoms with Gasteiger partial charge in [0.2, 0.25) is 0 Å². The van der Waals surface area contributed by atoms with Crippen molar-refractivity contribution in [3.8, 4) is 11.5 Å². The summed E-state index contributed by atoms with van der Waals surface area (Å²) in [4.78, 5) is 24.7. The molecule has 0 spiro atoms. The average molecular weight is 413 g/mol.